The van der Waals surface area contributed by atoms with E-state index in [4.69, 9.17) is 0 Å². The molecular formula is C16H24N2O3. The maximum atomic E-state index is 10.6. The third-order valence-corrected chi connectivity index (χ3v) is 4.48. The van der Waals surface area contributed by atoms with Crippen LogP contribution in [0.25, 0.3) is 0 Å². The molecule has 0 spiro atoms. The first-order chi connectivity index (χ1) is 10.1. The van der Waals surface area contributed by atoms with Gasteiger partial charge >= 0.3 is 0 Å². The number of nitrogens with zero attached hydrogens (tertiary/aromatic N) is 1. The number of benzene rings is 1. The monoisotopic (exact) mass is 292 g/mol. The van der Waals surface area contributed by atoms with Crippen molar-refractivity contribution in [3.05, 3.63) is 39.9 Å². The maximum absolute atomic E-state index is 10.6. The van der Waals surface area contributed by atoms with Crippen LogP contribution in [-0.4, -0.2) is 22.6 Å². The van der Waals surface area contributed by atoms with Crippen molar-refractivity contribution >= 4 is 5.69 Å². The summed E-state index contributed by atoms with van der Waals surface area (Å²) in [4.78, 5) is 10.2. The van der Waals surface area contributed by atoms with E-state index in [0.717, 1.165) is 0 Å². The lowest BCUT2D eigenvalue weighted by Crippen LogP contribution is -2.37. The molecular weight excluding hydrogens is 268 g/mol. The maximum Gasteiger partial charge on any atom is 0.269 e. The molecule has 2 rings (SSSR count). The molecule has 1 fully saturated rings. The van der Waals surface area contributed by atoms with Crippen LogP contribution in [0, 0.1) is 16.0 Å². The van der Waals surface area contributed by atoms with E-state index < -0.39 is 11.0 Å². The van der Waals surface area contributed by atoms with Crippen molar-refractivity contribution in [1.82, 2.24) is 5.32 Å². The van der Waals surface area contributed by atoms with Gasteiger partial charge in [0, 0.05) is 24.7 Å². The SMILES string of the molecule is CC(NCC(O)c1ccc([N+](=O)[O-])cc1)C1CCCCC1. The molecule has 1 aliphatic rings. The van der Waals surface area contributed by atoms with E-state index >= 15 is 0 Å². The second-order valence-electron chi connectivity index (χ2n) is 5.96. The fourth-order valence-electron chi connectivity index (χ4n) is 3.03. The molecule has 1 aliphatic carbocycles. The molecule has 2 N–H and O–H groups in total. The number of rotatable bonds is 6. The molecule has 1 aromatic carbocycles. The van der Waals surface area contributed by atoms with Crippen LogP contribution in [-0.2, 0) is 0 Å². The Labute approximate surface area is 125 Å². The van der Waals surface area contributed by atoms with E-state index in [1.807, 2.05) is 0 Å². The summed E-state index contributed by atoms with van der Waals surface area (Å²) in [5.74, 6) is 0.697. The number of aliphatic hydroxyl groups excluding tert-OH is 1. The molecule has 0 bridgehead atoms. The predicted molar refractivity (Wildman–Crippen MR) is 82.1 cm³/mol. The van der Waals surface area contributed by atoms with E-state index in [9.17, 15) is 15.2 Å². The van der Waals surface area contributed by atoms with E-state index in [1.165, 1.54) is 44.2 Å². The summed E-state index contributed by atoms with van der Waals surface area (Å²) in [6, 6.07) is 6.51. The fraction of sp³-hybridized carbons (Fsp3) is 0.625. The van der Waals surface area contributed by atoms with Crippen LogP contribution in [0.3, 0.4) is 0 Å². The van der Waals surface area contributed by atoms with Gasteiger partial charge in [-0.25, -0.2) is 0 Å². The topological polar surface area (TPSA) is 75.4 Å². The van der Waals surface area contributed by atoms with Gasteiger partial charge < -0.3 is 10.4 Å². The number of non-ortho nitro benzene ring substituents is 1. The summed E-state index contributed by atoms with van der Waals surface area (Å²) < 4.78 is 0. The first-order valence-corrected chi connectivity index (χ1v) is 7.73. The van der Waals surface area contributed by atoms with Crippen LogP contribution in [0.4, 0.5) is 5.69 Å². The molecule has 0 amide bonds. The molecule has 0 saturated heterocycles. The van der Waals surface area contributed by atoms with Gasteiger partial charge in [0.1, 0.15) is 0 Å². The predicted octanol–water partition coefficient (Wildman–Crippen LogP) is 3.19. The number of aliphatic hydroxyl groups is 1. The zero-order valence-electron chi connectivity index (χ0n) is 12.5. The zero-order valence-corrected chi connectivity index (χ0v) is 12.5. The Morgan fingerprint density at radius 3 is 2.48 bits per heavy atom. The smallest absolute Gasteiger partial charge is 0.269 e. The normalized spacial score (nSPS) is 19.1. The van der Waals surface area contributed by atoms with Crippen LogP contribution in [0.15, 0.2) is 24.3 Å². The lowest BCUT2D eigenvalue weighted by atomic mass is 9.84. The lowest BCUT2D eigenvalue weighted by molar-refractivity contribution is -0.384. The summed E-state index contributed by atoms with van der Waals surface area (Å²) in [5.41, 5.74) is 0.762. The van der Waals surface area contributed by atoms with Crippen LogP contribution in [0.5, 0.6) is 0 Å². The number of nitro benzene ring substituents is 1. The molecule has 116 valence electrons. The highest BCUT2D eigenvalue weighted by atomic mass is 16.6. The molecule has 2 atom stereocenters. The lowest BCUT2D eigenvalue weighted by Gasteiger charge is -2.29. The third kappa shape index (κ3) is 4.51. The van der Waals surface area contributed by atoms with Crippen molar-refractivity contribution in [2.45, 2.75) is 51.2 Å². The highest BCUT2D eigenvalue weighted by Gasteiger charge is 2.20. The number of hydrogen-bond donors (Lipinski definition) is 2. The van der Waals surface area contributed by atoms with Crippen molar-refractivity contribution in [3.8, 4) is 0 Å². The first kappa shape index (κ1) is 15.9. The van der Waals surface area contributed by atoms with Gasteiger partial charge in [0.25, 0.3) is 5.69 Å². The molecule has 0 radical (unpaired) electrons. The standard InChI is InChI=1S/C16H24N2O3/c1-12(13-5-3-2-4-6-13)17-11-16(19)14-7-9-15(10-8-14)18(20)21/h7-10,12-13,16-17,19H,2-6,11H2,1H3. The molecule has 2 unspecified atom stereocenters. The summed E-state index contributed by atoms with van der Waals surface area (Å²) in [6.07, 6.45) is 5.86. The Kier molecular flexibility index (Phi) is 5.70. The van der Waals surface area contributed by atoms with E-state index in [0.29, 0.717) is 24.1 Å². The zero-order chi connectivity index (χ0) is 15.2. The molecule has 1 saturated carbocycles. The van der Waals surface area contributed by atoms with Crippen LogP contribution < -0.4 is 5.32 Å². The van der Waals surface area contributed by atoms with Crippen molar-refractivity contribution < 1.29 is 10.0 Å². The highest BCUT2D eigenvalue weighted by Crippen LogP contribution is 2.26. The Hall–Kier alpha value is -1.46. The minimum atomic E-state index is -0.628. The third-order valence-electron chi connectivity index (χ3n) is 4.48. The molecule has 5 heteroatoms. The van der Waals surface area contributed by atoms with Gasteiger partial charge in [0.05, 0.1) is 11.0 Å². The van der Waals surface area contributed by atoms with Crippen LogP contribution in [0.1, 0.15) is 50.7 Å². The molecule has 0 aromatic heterocycles. The number of nitrogens with one attached hydrogen (secondary N) is 1. The van der Waals surface area contributed by atoms with Crippen LogP contribution in [0.2, 0.25) is 0 Å². The molecule has 21 heavy (non-hydrogen) atoms. The molecule has 0 heterocycles. The van der Waals surface area contributed by atoms with Gasteiger partial charge in [0.2, 0.25) is 0 Å². The van der Waals surface area contributed by atoms with Crippen molar-refractivity contribution in [2.75, 3.05) is 6.54 Å². The van der Waals surface area contributed by atoms with Crippen LogP contribution >= 0.6 is 0 Å². The number of nitro groups is 1. The van der Waals surface area contributed by atoms with Gasteiger partial charge in [0.15, 0.2) is 0 Å². The quantitative estimate of drug-likeness (QED) is 0.623. The van der Waals surface area contributed by atoms with Gasteiger partial charge in [-0.3, -0.25) is 10.1 Å². The van der Waals surface area contributed by atoms with Gasteiger partial charge in [-0.2, -0.15) is 0 Å². The minimum Gasteiger partial charge on any atom is -0.387 e. The van der Waals surface area contributed by atoms with E-state index in [-0.39, 0.29) is 5.69 Å². The van der Waals surface area contributed by atoms with Gasteiger partial charge in [-0.15, -0.1) is 0 Å². The Morgan fingerprint density at radius 2 is 1.90 bits per heavy atom. The van der Waals surface area contributed by atoms with E-state index in [1.54, 1.807) is 12.1 Å². The average Bonchev–Trinajstić information content (AvgIpc) is 2.53. The Morgan fingerprint density at radius 1 is 1.29 bits per heavy atom. The van der Waals surface area contributed by atoms with Gasteiger partial charge in [-0.05, 0) is 43.4 Å². The fourth-order valence-corrected chi connectivity index (χ4v) is 3.03. The Balaban J connectivity index is 1.83. The second kappa shape index (κ2) is 7.52. The Bertz CT molecular complexity index is 455. The molecule has 0 aliphatic heterocycles. The highest BCUT2D eigenvalue weighted by molar-refractivity contribution is 5.33. The van der Waals surface area contributed by atoms with Gasteiger partial charge in [-0.1, -0.05) is 19.3 Å². The summed E-state index contributed by atoms with van der Waals surface area (Å²) in [7, 11) is 0. The molecule has 5 nitrogen and oxygen atoms in total. The molecule has 1 aromatic rings. The van der Waals surface area contributed by atoms with E-state index in [2.05, 4.69) is 12.2 Å². The van der Waals surface area contributed by atoms with Crippen molar-refractivity contribution in [1.29, 1.82) is 0 Å². The average molecular weight is 292 g/mol. The minimum absolute atomic E-state index is 0.0504. The summed E-state index contributed by atoms with van der Waals surface area (Å²) >= 11 is 0. The largest absolute Gasteiger partial charge is 0.387 e. The van der Waals surface area contributed by atoms with Crippen molar-refractivity contribution in [2.24, 2.45) is 5.92 Å². The summed E-state index contributed by atoms with van der Waals surface area (Å²) in [5, 5.41) is 24.2. The number of hydrogen-bond acceptors (Lipinski definition) is 4. The second-order valence-corrected chi connectivity index (χ2v) is 5.96. The van der Waals surface area contributed by atoms with Crippen molar-refractivity contribution in [3.63, 3.8) is 0 Å². The summed E-state index contributed by atoms with van der Waals surface area (Å²) in [6.45, 7) is 2.66. The first-order valence-electron chi connectivity index (χ1n) is 7.73.